The molecule has 0 fully saturated rings. The van der Waals surface area contributed by atoms with Crippen molar-refractivity contribution in [2.45, 2.75) is 25.3 Å². The van der Waals surface area contributed by atoms with E-state index in [1.807, 2.05) is 30.3 Å². The Morgan fingerprint density at radius 3 is 2.60 bits per heavy atom. The van der Waals surface area contributed by atoms with Crippen molar-refractivity contribution >= 4 is 0 Å². The maximum absolute atomic E-state index is 9.13. The lowest BCUT2D eigenvalue weighted by Crippen LogP contribution is -2.26. The molecule has 80 valence electrons. The average Bonchev–Trinajstić information content (AvgIpc) is 2.28. The van der Waals surface area contributed by atoms with Gasteiger partial charge in [0.2, 0.25) is 0 Å². The lowest BCUT2D eigenvalue weighted by Gasteiger charge is -2.20. The minimum Gasteiger partial charge on any atom is -0.396 e. The maximum Gasteiger partial charge on any atom is 0.0693 e. The van der Waals surface area contributed by atoms with E-state index >= 15 is 0 Å². The van der Waals surface area contributed by atoms with Gasteiger partial charge in [-0.25, -0.2) is 0 Å². The van der Waals surface area contributed by atoms with E-state index in [1.165, 1.54) is 5.56 Å². The molecule has 0 saturated carbocycles. The SMILES string of the molecule is CC(CO)(CCc1ccccc1)N=[N+]=[N-]. The molecule has 1 aromatic carbocycles. The lowest BCUT2D eigenvalue weighted by molar-refractivity contribution is 0.200. The zero-order chi connectivity index (χ0) is 11.1. The van der Waals surface area contributed by atoms with Crippen molar-refractivity contribution in [3.05, 3.63) is 46.3 Å². The van der Waals surface area contributed by atoms with Crippen molar-refractivity contribution < 1.29 is 5.11 Å². The summed E-state index contributed by atoms with van der Waals surface area (Å²) >= 11 is 0. The Kier molecular flexibility index (Phi) is 4.16. The average molecular weight is 205 g/mol. The molecule has 1 aromatic rings. The zero-order valence-corrected chi connectivity index (χ0v) is 8.80. The van der Waals surface area contributed by atoms with Gasteiger partial charge >= 0.3 is 0 Å². The van der Waals surface area contributed by atoms with Crippen LogP contribution in [0.15, 0.2) is 35.4 Å². The number of benzene rings is 1. The van der Waals surface area contributed by atoms with Gasteiger partial charge in [0.15, 0.2) is 0 Å². The number of hydrogen-bond donors (Lipinski definition) is 1. The summed E-state index contributed by atoms with van der Waals surface area (Å²) in [6.45, 7) is 1.64. The molecule has 15 heavy (non-hydrogen) atoms. The number of azide groups is 1. The summed E-state index contributed by atoms with van der Waals surface area (Å²) in [6.07, 6.45) is 1.45. The molecule has 1 atom stereocenters. The zero-order valence-electron chi connectivity index (χ0n) is 8.80. The van der Waals surface area contributed by atoms with E-state index in [2.05, 4.69) is 10.0 Å². The van der Waals surface area contributed by atoms with Crippen molar-refractivity contribution in [2.75, 3.05) is 6.61 Å². The van der Waals surface area contributed by atoms with Gasteiger partial charge in [0.05, 0.1) is 12.1 Å². The first-order valence-corrected chi connectivity index (χ1v) is 4.91. The minimum atomic E-state index is -0.690. The third-order valence-corrected chi connectivity index (χ3v) is 2.42. The quantitative estimate of drug-likeness (QED) is 0.448. The molecule has 4 heteroatoms. The monoisotopic (exact) mass is 205 g/mol. The molecule has 0 saturated heterocycles. The second-order valence-corrected chi connectivity index (χ2v) is 3.83. The van der Waals surface area contributed by atoms with Crippen LogP contribution in [0.5, 0.6) is 0 Å². The topological polar surface area (TPSA) is 69.0 Å². The molecule has 0 aliphatic rings. The Morgan fingerprint density at radius 2 is 2.07 bits per heavy atom. The van der Waals surface area contributed by atoms with Crippen LogP contribution in [-0.2, 0) is 6.42 Å². The van der Waals surface area contributed by atoms with Gasteiger partial charge in [-0.3, -0.25) is 0 Å². The van der Waals surface area contributed by atoms with E-state index in [1.54, 1.807) is 6.92 Å². The third-order valence-electron chi connectivity index (χ3n) is 2.42. The van der Waals surface area contributed by atoms with Crippen molar-refractivity contribution in [1.29, 1.82) is 0 Å². The number of nitrogens with zero attached hydrogens (tertiary/aromatic N) is 3. The van der Waals surface area contributed by atoms with E-state index in [0.717, 1.165) is 6.42 Å². The van der Waals surface area contributed by atoms with E-state index < -0.39 is 5.54 Å². The van der Waals surface area contributed by atoms with Crippen molar-refractivity contribution in [3.63, 3.8) is 0 Å². The summed E-state index contributed by atoms with van der Waals surface area (Å²) in [5.41, 5.74) is 8.87. The number of hydrogen-bond acceptors (Lipinski definition) is 2. The maximum atomic E-state index is 9.13. The molecule has 0 radical (unpaired) electrons. The first kappa shape index (κ1) is 11.6. The molecule has 1 rings (SSSR count). The standard InChI is InChI=1S/C11H15N3O/c1-11(9-15,13-14-12)8-7-10-5-3-2-4-6-10/h2-6,15H,7-9H2,1H3. The highest BCUT2D eigenvalue weighted by atomic mass is 16.3. The highest BCUT2D eigenvalue weighted by Gasteiger charge is 2.20. The van der Waals surface area contributed by atoms with Crippen LogP contribution in [0.3, 0.4) is 0 Å². The predicted octanol–water partition coefficient (Wildman–Crippen LogP) is 2.68. The number of aryl methyl sites for hydroxylation is 1. The third kappa shape index (κ3) is 3.62. The van der Waals surface area contributed by atoms with Crippen LogP contribution in [0.25, 0.3) is 10.4 Å². The first-order chi connectivity index (χ1) is 7.20. The highest BCUT2D eigenvalue weighted by molar-refractivity contribution is 5.15. The van der Waals surface area contributed by atoms with Gasteiger partial charge in [-0.05, 0) is 23.9 Å². The fourth-order valence-electron chi connectivity index (χ4n) is 1.33. The summed E-state index contributed by atoms with van der Waals surface area (Å²) in [5, 5.41) is 12.7. The number of rotatable bonds is 5. The van der Waals surface area contributed by atoms with Crippen molar-refractivity contribution in [2.24, 2.45) is 5.11 Å². The van der Waals surface area contributed by atoms with E-state index in [-0.39, 0.29) is 6.61 Å². The molecule has 0 bridgehead atoms. The fourth-order valence-corrected chi connectivity index (χ4v) is 1.33. The molecule has 1 N–H and O–H groups in total. The van der Waals surface area contributed by atoms with Gasteiger partial charge in [-0.1, -0.05) is 42.4 Å². The van der Waals surface area contributed by atoms with Gasteiger partial charge in [0.1, 0.15) is 0 Å². The Bertz CT molecular complexity index is 346. The van der Waals surface area contributed by atoms with Crippen LogP contribution in [0.2, 0.25) is 0 Å². The summed E-state index contributed by atoms with van der Waals surface area (Å²) in [6, 6.07) is 9.95. The van der Waals surface area contributed by atoms with Crippen LogP contribution in [0.1, 0.15) is 18.9 Å². The second kappa shape index (κ2) is 5.39. The molecule has 0 aromatic heterocycles. The van der Waals surface area contributed by atoms with Gasteiger partial charge in [-0.2, -0.15) is 0 Å². The molecular formula is C11H15N3O. The van der Waals surface area contributed by atoms with Crippen molar-refractivity contribution in [1.82, 2.24) is 0 Å². The molecule has 0 aliphatic carbocycles. The molecule has 0 spiro atoms. The normalized spacial score (nSPS) is 14.0. The van der Waals surface area contributed by atoms with Gasteiger partial charge in [0.25, 0.3) is 0 Å². The van der Waals surface area contributed by atoms with Crippen LogP contribution in [0.4, 0.5) is 0 Å². The number of aliphatic hydroxyl groups excluding tert-OH is 1. The Balaban J connectivity index is 2.59. The summed E-state index contributed by atoms with van der Waals surface area (Å²) in [5.74, 6) is 0. The smallest absolute Gasteiger partial charge is 0.0693 e. The Labute approximate surface area is 89.2 Å². The first-order valence-electron chi connectivity index (χ1n) is 4.91. The summed E-state index contributed by atoms with van der Waals surface area (Å²) in [7, 11) is 0. The van der Waals surface area contributed by atoms with Crippen LogP contribution < -0.4 is 0 Å². The predicted molar refractivity (Wildman–Crippen MR) is 59.4 cm³/mol. The fraction of sp³-hybridized carbons (Fsp3) is 0.455. The minimum absolute atomic E-state index is 0.121. The Hall–Kier alpha value is -1.51. The summed E-state index contributed by atoms with van der Waals surface area (Å²) in [4.78, 5) is 2.76. The van der Waals surface area contributed by atoms with Crippen LogP contribution >= 0.6 is 0 Å². The largest absolute Gasteiger partial charge is 0.396 e. The molecule has 0 aliphatic heterocycles. The van der Waals surface area contributed by atoms with E-state index in [0.29, 0.717) is 6.42 Å². The van der Waals surface area contributed by atoms with E-state index in [4.69, 9.17) is 10.6 Å². The second-order valence-electron chi connectivity index (χ2n) is 3.83. The summed E-state index contributed by atoms with van der Waals surface area (Å²) < 4.78 is 0. The van der Waals surface area contributed by atoms with E-state index in [9.17, 15) is 0 Å². The molecule has 1 unspecified atom stereocenters. The van der Waals surface area contributed by atoms with Crippen LogP contribution in [-0.4, -0.2) is 17.3 Å². The highest BCUT2D eigenvalue weighted by Crippen LogP contribution is 2.18. The Morgan fingerprint density at radius 1 is 1.40 bits per heavy atom. The molecule has 4 nitrogen and oxygen atoms in total. The van der Waals surface area contributed by atoms with Gasteiger partial charge in [-0.15, -0.1) is 0 Å². The molecule has 0 amide bonds. The number of aliphatic hydroxyl groups is 1. The van der Waals surface area contributed by atoms with Crippen LogP contribution in [0, 0.1) is 0 Å². The molecular weight excluding hydrogens is 190 g/mol. The lowest BCUT2D eigenvalue weighted by atomic mass is 9.95. The van der Waals surface area contributed by atoms with Crippen molar-refractivity contribution in [3.8, 4) is 0 Å². The molecule has 0 heterocycles. The van der Waals surface area contributed by atoms with Gasteiger partial charge in [0, 0.05) is 4.91 Å². The van der Waals surface area contributed by atoms with Gasteiger partial charge < -0.3 is 5.11 Å².